The van der Waals surface area contributed by atoms with E-state index in [9.17, 15) is 35.9 Å². The lowest BCUT2D eigenvalue weighted by Crippen LogP contribution is -2.50. The Morgan fingerprint density at radius 2 is 0.871 bits per heavy atom. The van der Waals surface area contributed by atoms with E-state index in [1.807, 2.05) is 26.0 Å². The molecule has 2 atom stereocenters. The smallest absolute Gasteiger partial charge is 0.419 e. The Bertz CT molecular complexity index is 2370. The van der Waals surface area contributed by atoms with Gasteiger partial charge in [-0.1, -0.05) is 111 Å². The molecule has 0 heterocycles. The van der Waals surface area contributed by atoms with Crippen molar-refractivity contribution in [1.82, 2.24) is 10.6 Å². The van der Waals surface area contributed by atoms with E-state index in [0.717, 1.165) is 35.4 Å². The molecule has 0 amide bonds. The lowest BCUT2D eigenvalue weighted by molar-refractivity contribution is -0.193. The molecule has 0 saturated heterocycles. The first-order valence-electron chi connectivity index (χ1n) is 20.0. The summed E-state index contributed by atoms with van der Waals surface area (Å²) in [5, 5.41) is 7.57. The summed E-state index contributed by atoms with van der Waals surface area (Å²) in [7, 11) is 3.02. The van der Waals surface area contributed by atoms with Crippen LogP contribution in [0, 0.1) is 0 Å². The van der Waals surface area contributed by atoms with Crippen molar-refractivity contribution in [1.29, 1.82) is 0 Å². The maximum absolute atomic E-state index is 14.1. The number of hydrogen-bond acceptors (Lipinski definition) is 8. The molecule has 0 fully saturated rings. The molecule has 0 aliphatic rings. The van der Waals surface area contributed by atoms with Gasteiger partial charge in [-0.15, -0.1) is 0 Å². The molecule has 6 aromatic rings. The number of halogens is 6. The molecule has 0 saturated carbocycles. The van der Waals surface area contributed by atoms with E-state index in [-0.39, 0.29) is 37.6 Å². The fourth-order valence-corrected chi connectivity index (χ4v) is 7.67. The second kappa shape index (κ2) is 18.9. The maximum Gasteiger partial charge on any atom is 0.419 e. The van der Waals surface area contributed by atoms with Gasteiger partial charge < -0.3 is 18.9 Å². The molecule has 2 unspecified atom stereocenters. The quantitative estimate of drug-likeness (QED) is 0.0430. The topological polar surface area (TPSA) is 95.1 Å². The number of esters is 2. The third-order valence-corrected chi connectivity index (χ3v) is 10.9. The van der Waals surface area contributed by atoms with Crippen molar-refractivity contribution in [2.24, 2.45) is 0 Å². The molecule has 0 aliphatic heterocycles. The van der Waals surface area contributed by atoms with E-state index in [1.165, 1.54) is 14.1 Å². The number of benzene rings is 6. The van der Waals surface area contributed by atoms with E-state index in [1.54, 1.807) is 84.9 Å². The van der Waals surface area contributed by atoms with Crippen molar-refractivity contribution in [3.8, 4) is 11.5 Å². The fourth-order valence-electron chi connectivity index (χ4n) is 7.67. The van der Waals surface area contributed by atoms with Gasteiger partial charge in [-0.2, -0.15) is 26.3 Å². The summed E-state index contributed by atoms with van der Waals surface area (Å²) in [4.78, 5) is 28.3. The predicted octanol–water partition coefficient (Wildman–Crippen LogP) is 10.6. The molecule has 0 aliphatic carbocycles. The minimum absolute atomic E-state index is 0.0383. The van der Waals surface area contributed by atoms with Crippen LogP contribution in [0.4, 0.5) is 26.3 Å². The van der Waals surface area contributed by atoms with E-state index in [0.29, 0.717) is 45.5 Å². The Hall–Kier alpha value is -6.12. The molecule has 0 spiro atoms. The molecule has 8 nitrogen and oxygen atoms in total. The lowest BCUT2D eigenvalue weighted by atomic mass is 9.92. The highest BCUT2D eigenvalue weighted by Gasteiger charge is 2.43. The number of fused-ring (bicyclic) bond motifs is 2. The summed E-state index contributed by atoms with van der Waals surface area (Å²) in [6.45, 7) is 3.24. The minimum atomic E-state index is -4.65. The van der Waals surface area contributed by atoms with Gasteiger partial charge >= 0.3 is 24.3 Å². The fraction of sp³-hybridized carbons (Fsp3) is 0.292. The van der Waals surface area contributed by atoms with Crippen molar-refractivity contribution < 1.29 is 54.9 Å². The summed E-state index contributed by atoms with van der Waals surface area (Å²) < 4.78 is 108. The molecule has 6 aromatic carbocycles. The zero-order valence-corrected chi connectivity index (χ0v) is 34.5. The average Bonchev–Trinajstić information content (AvgIpc) is 3.27. The van der Waals surface area contributed by atoms with Gasteiger partial charge in [0.15, 0.2) is 11.4 Å². The molecular weight excluding hydrogens is 815 g/mol. The van der Waals surface area contributed by atoms with Crippen LogP contribution in [0.2, 0.25) is 0 Å². The molecule has 0 aromatic heterocycles. The molecule has 0 bridgehead atoms. The van der Waals surface area contributed by atoms with E-state index >= 15 is 0 Å². The SMILES string of the molecule is CCc1ccccc1C(CCOc1cc(C(F)(F)F)cc2ccccc12)(NC)OC(=O)C(=O)OC(CCOc1cc(C(F)(F)F)cc2ccccc12)(NC)c1ccccc1CC. The van der Waals surface area contributed by atoms with Crippen LogP contribution in [-0.4, -0.2) is 39.2 Å². The Kier molecular flexibility index (Phi) is 13.8. The van der Waals surface area contributed by atoms with Crippen molar-refractivity contribution >= 4 is 33.5 Å². The monoisotopic (exact) mass is 860 g/mol. The number of hydrogen-bond donors (Lipinski definition) is 2. The van der Waals surface area contributed by atoms with Gasteiger partial charge in [0.1, 0.15) is 11.5 Å². The molecule has 6 rings (SSSR count). The summed E-state index contributed by atoms with van der Waals surface area (Å²) in [5.41, 5.74) is -2.87. The highest BCUT2D eigenvalue weighted by atomic mass is 19.4. The van der Waals surface area contributed by atoms with Crippen molar-refractivity contribution in [2.75, 3.05) is 27.3 Å². The molecule has 62 heavy (non-hydrogen) atoms. The molecular formula is C48H46F6N2O6. The second-order valence-electron chi connectivity index (χ2n) is 14.5. The second-order valence-corrected chi connectivity index (χ2v) is 14.5. The van der Waals surface area contributed by atoms with Crippen LogP contribution in [0.15, 0.2) is 121 Å². The first-order valence-corrected chi connectivity index (χ1v) is 20.0. The van der Waals surface area contributed by atoms with Gasteiger partial charge in [-0.05, 0) is 73.1 Å². The Morgan fingerprint density at radius 3 is 1.23 bits per heavy atom. The van der Waals surface area contributed by atoms with Crippen molar-refractivity contribution in [3.05, 3.63) is 155 Å². The lowest BCUT2D eigenvalue weighted by Gasteiger charge is -2.37. The largest absolute Gasteiger partial charge is 0.493 e. The van der Waals surface area contributed by atoms with Crippen LogP contribution in [0.3, 0.4) is 0 Å². The van der Waals surface area contributed by atoms with E-state index in [4.69, 9.17) is 18.9 Å². The highest BCUT2D eigenvalue weighted by molar-refractivity contribution is 6.30. The summed E-state index contributed by atoms with van der Waals surface area (Å²) in [6.07, 6.45) is -8.66. The average molecular weight is 861 g/mol. The molecule has 14 heteroatoms. The van der Waals surface area contributed by atoms with Gasteiger partial charge in [-0.3, -0.25) is 10.6 Å². The van der Waals surface area contributed by atoms with Gasteiger partial charge in [-0.25, -0.2) is 9.59 Å². The van der Waals surface area contributed by atoms with Crippen LogP contribution in [0.25, 0.3) is 21.5 Å². The Labute approximate surface area is 355 Å². The van der Waals surface area contributed by atoms with E-state index in [2.05, 4.69) is 10.6 Å². The summed E-state index contributed by atoms with van der Waals surface area (Å²) in [6, 6.07) is 30.9. The number of carbonyl (C=O) groups is 2. The van der Waals surface area contributed by atoms with Crippen LogP contribution >= 0.6 is 0 Å². The first kappa shape index (κ1) is 45.4. The Balaban J connectivity index is 1.31. The molecule has 326 valence electrons. The van der Waals surface area contributed by atoms with Crippen LogP contribution in [0.1, 0.15) is 60.1 Å². The van der Waals surface area contributed by atoms with Gasteiger partial charge in [0, 0.05) is 34.7 Å². The predicted molar refractivity (Wildman–Crippen MR) is 223 cm³/mol. The number of nitrogens with one attached hydrogen (secondary N) is 2. The number of alkyl halides is 6. The van der Waals surface area contributed by atoms with Crippen LogP contribution in [-0.2, 0) is 55.7 Å². The maximum atomic E-state index is 14.1. The number of aryl methyl sites for hydroxylation is 2. The summed E-state index contributed by atoms with van der Waals surface area (Å²) in [5.74, 6) is -2.89. The zero-order valence-electron chi connectivity index (χ0n) is 34.5. The normalized spacial score (nSPS) is 13.9. The Morgan fingerprint density at radius 1 is 0.516 bits per heavy atom. The van der Waals surface area contributed by atoms with Crippen LogP contribution < -0.4 is 20.1 Å². The van der Waals surface area contributed by atoms with E-state index < -0.39 is 46.9 Å². The summed E-state index contributed by atoms with van der Waals surface area (Å²) >= 11 is 0. The molecule has 2 N–H and O–H groups in total. The first-order chi connectivity index (χ1) is 29.6. The number of carbonyl (C=O) groups excluding carboxylic acids is 2. The standard InChI is InChI=1S/C48H46F6N2O6/c1-5-31-15-9-13-21-39(31)45(55-3,23-25-59-41-29-35(47(49,50)51)27-33-17-7-11-19-37(33)41)61-43(57)44(58)62-46(56-4,40-22-14-10-16-32(40)6-2)24-26-60-42-30-36(48(52,53)54)28-34-18-8-12-20-38(34)42/h7-22,27-30,55-56H,5-6,23-26H2,1-4H3. The van der Waals surface area contributed by atoms with Crippen LogP contribution in [0.5, 0.6) is 11.5 Å². The zero-order chi connectivity index (χ0) is 44.7. The highest BCUT2D eigenvalue weighted by Crippen LogP contribution is 2.40. The minimum Gasteiger partial charge on any atom is -0.493 e. The number of ether oxygens (including phenoxy) is 4. The van der Waals surface area contributed by atoms with Crippen molar-refractivity contribution in [3.63, 3.8) is 0 Å². The van der Waals surface area contributed by atoms with Gasteiger partial charge in [0.25, 0.3) is 0 Å². The third-order valence-electron chi connectivity index (χ3n) is 10.9. The molecule has 0 radical (unpaired) electrons. The van der Waals surface area contributed by atoms with Gasteiger partial charge in [0.05, 0.1) is 24.3 Å². The van der Waals surface area contributed by atoms with Gasteiger partial charge in [0.2, 0.25) is 0 Å². The number of rotatable bonds is 16. The van der Waals surface area contributed by atoms with Crippen molar-refractivity contribution in [2.45, 2.75) is 63.3 Å². The third kappa shape index (κ3) is 9.82.